The average Bonchev–Trinajstić information content (AvgIpc) is 2.84. The van der Waals surface area contributed by atoms with E-state index in [2.05, 4.69) is 33.8 Å². The predicted octanol–water partition coefficient (Wildman–Crippen LogP) is 5.87. The van der Waals surface area contributed by atoms with Gasteiger partial charge >= 0.3 is 0 Å². The van der Waals surface area contributed by atoms with Crippen molar-refractivity contribution in [3.63, 3.8) is 0 Å². The molecule has 24 heavy (non-hydrogen) atoms. The highest BCUT2D eigenvalue weighted by molar-refractivity contribution is 5.15. The normalized spacial score (nSPS) is 33.7. The van der Waals surface area contributed by atoms with E-state index in [4.69, 9.17) is 0 Å². The SMILES string of the molecule is C/C(=C\CCC(C)(C)O)C1CCC2C(O)CCCC12C.CCCC. The molecule has 0 aromatic rings. The molecule has 0 bridgehead atoms. The number of unbranched alkanes of at least 4 members (excludes halogenated alkanes) is 1. The Morgan fingerprint density at radius 1 is 1.17 bits per heavy atom. The first-order chi connectivity index (χ1) is 11.2. The van der Waals surface area contributed by atoms with Gasteiger partial charge in [0, 0.05) is 0 Å². The Bertz CT molecular complexity index is 391. The van der Waals surface area contributed by atoms with Crippen molar-refractivity contribution in [1.29, 1.82) is 0 Å². The summed E-state index contributed by atoms with van der Waals surface area (Å²) < 4.78 is 0. The van der Waals surface area contributed by atoms with Crippen LogP contribution in [0.4, 0.5) is 0 Å². The van der Waals surface area contributed by atoms with Crippen molar-refractivity contribution in [1.82, 2.24) is 0 Å². The van der Waals surface area contributed by atoms with Gasteiger partial charge < -0.3 is 10.2 Å². The van der Waals surface area contributed by atoms with E-state index in [0.717, 1.165) is 19.3 Å². The molecule has 2 aliphatic rings. The van der Waals surface area contributed by atoms with Crippen LogP contribution in [0.25, 0.3) is 0 Å². The Kier molecular flexibility index (Phi) is 8.48. The second-order valence-corrected chi connectivity index (χ2v) is 9.00. The summed E-state index contributed by atoms with van der Waals surface area (Å²) in [5.74, 6) is 1.13. The van der Waals surface area contributed by atoms with Crippen molar-refractivity contribution in [2.75, 3.05) is 0 Å². The minimum absolute atomic E-state index is 0.0806. The van der Waals surface area contributed by atoms with Crippen LogP contribution in [0.5, 0.6) is 0 Å². The van der Waals surface area contributed by atoms with Gasteiger partial charge in [-0.25, -0.2) is 0 Å². The topological polar surface area (TPSA) is 40.5 Å². The average molecular weight is 339 g/mol. The van der Waals surface area contributed by atoms with E-state index in [1.807, 2.05) is 13.8 Å². The van der Waals surface area contributed by atoms with Gasteiger partial charge in [0.05, 0.1) is 11.7 Å². The van der Waals surface area contributed by atoms with Crippen molar-refractivity contribution in [3.8, 4) is 0 Å². The van der Waals surface area contributed by atoms with Gasteiger partial charge in [0.25, 0.3) is 0 Å². The summed E-state index contributed by atoms with van der Waals surface area (Å²) in [6.45, 7) is 12.8. The fourth-order valence-corrected chi connectivity index (χ4v) is 4.69. The lowest BCUT2D eigenvalue weighted by Crippen LogP contribution is -2.40. The summed E-state index contributed by atoms with van der Waals surface area (Å²) >= 11 is 0. The monoisotopic (exact) mass is 338 g/mol. The summed E-state index contributed by atoms with van der Waals surface area (Å²) in [5.41, 5.74) is 1.21. The molecule has 0 aromatic heterocycles. The van der Waals surface area contributed by atoms with Gasteiger partial charge in [-0.2, -0.15) is 0 Å². The zero-order chi connectivity index (χ0) is 18.4. The maximum atomic E-state index is 10.3. The highest BCUT2D eigenvalue weighted by atomic mass is 16.3. The molecule has 2 heteroatoms. The van der Waals surface area contributed by atoms with Gasteiger partial charge in [0.2, 0.25) is 0 Å². The van der Waals surface area contributed by atoms with E-state index in [0.29, 0.717) is 17.3 Å². The highest BCUT2D eigenvalue weighted by Gasteiger charge is 2.51. The van der Waals surface area contributed by atoms with E-state index in [1.54, 1.807) is 0 Å². The Hall–Kier alpha value is -0.340. The zero-order valence-corrected chi connectivity index (χ0v) is 17.1. The van der Waals surface area contributed by atoms with E-state index >= 15 is 0 Å². The number of aliphatic hydroxyl groups excluding tert-OH is 1. The molecule has 4 unspecified atom stereocenters. The number of hydrogen-bond donors (Lipinski definition) is 2. The molecule has 2 aliphatic carbocycles. The number of allylic oxidation sites excluding steroid dienone is 2. The predicted molar refractivity (Wildman–Crippen MR) is 104 cm³/mol. The van der Waals surface area contributed by atoms with Crippen LogP contribution in [0.3, 0.4) is 0 Å². The third-order valence-electron chi connectivity index (χ3n) is 6.36. The fourth-order valence-electron chi connectivity index (χ4n) is 4.69. The van der Waals surface area contributed by atoms with Gasteiger partial charge in [-0.3, -0.25) is 0 Å². The molecule has 4 atom stereocenters. The smallest absolute Gasteiger partial charge is 0.0594 e. The minimum Gasteiger partial charge on any atom is -0.393 e. The van der Waals surface area contributed by atoms with Gasteiger partial charge in [0.15, 0.2) is 0 Å². The lowest BCUT2D eigenvalue weighted by Gasteiger charge is -2.43. The van der Waals surface area contributed by atoms with Crippen LogP contribution < -0.4 is 0 Å². The molecule has 0 aliphatic heterocycles. The first-order valence-electron chi connectivity index (χ1n) is 10.2. The molecular weight excluding hydrogens is 296 g/mol. The van der Waals surface area contributed by atoms with Crippen molar-refractivity contribution in [2.24, 2.45) is 17.3 Å². The van der Waals surface area contributed by atoms with Crippen molar-refractivity contribution < 1.29 is 10.2 Å². The first kappa shape index (κ1) is 21.7. The molecule has 0 heterocycles. The third-order valence-corrected chi connectivity index (χ3v) is 6.36. The molecule has 2 saturated carbocycles. The summed E-state index contributed by atoms with van der Waals surface area (Å²) in [6.07, 6.45) is 12.5. The van der Waals surface area contributed by atoms with Crippen molar-refractivity contribution >= 4 is 0 Å². The van der Waals surface area contributed by atoms with Crippen LogP contribution in [0.1, 0.15) is 99.3 Å². The third kappa shape index (κ3) is 5.88. The van der Waals surface area contributed by atoms with E-state index in [9.17, 15) is 10.2 Å². The maximum Gasteiger partial charge on any atom is 0.0594 e. The van der Waals surface area contributed by atoms with Gasteiger partial charge in [-0.15, -0.1) is 0 Å². The number of fused-ring (bicyclic) bond motifs is 1. The van der Waals surface area contributed by atoms with Gasteiger partial charge in [0.1, 0.15) is 0 Å². The molecule has 0 saturated heterocycles. The molecule has 0 spiro atoms. The summed E-state index contributed by atoms with van der Waals surface area (Å²) in [5, 5.41) is 20.1. The van der Waals surface area contributed by atoms with Crippen molar-refractivity contribution in [2.45, 2.75) is 111 Å². The van der Waals surface area contributed by atoms with Crippen LogP contribution in [0, 0.1) is 17.3 Å². The molecule has 2 rings (SSSR count). The lowest BCUT2D eigenvalue weighted by atomic mass is 9.63. The Morgan fingerprint density at radius 3 is 2.33 bits per heavy atom. The molecule has 2 N–H and O–H groups in total. The van der Waals surface area contributed by atoms with Crippen LogP contribution in [0.15, 0.2) is 11.6 Å². The second-order valence-electron chi connectivity index (χ2n) is 9.00. The fraction of sp³-hybridized carbons (Fsp3) is 0.909. The van der Waals surface area contributed by atoms with Crippen LogP contribution in [-0.2, 0) is 0 Å². The Labute approximate surface area is 150 Å². The highest BCUT2D eigenvalue weighted by Crippen LogP contribution is 2.57. The van der Waals surface area contributed by atoms with Gasteiger partial charge in [-0.05, 0) is 76.5 Å². The van der Waals surface area contributed by atoms with E-state index < -0.39 is 5.60 Å². The number of aliphatic hydroxyl groups is 2. The second kappa shape index (κ2) is 9.38. The Morgan fingerprint density at radius 2 is 1.79 bits per heavy atom. The molecule has 0 radical (unpaired) electrons. The summed E-state index contributed by atoms with van der Waals surface area (Å²) in [4.78, 5) is 0. The number of rotatable bonds is 5. The van der Waals surface area contributed by atoms with E-state index in [1.165, 1.54) is 44.1 Å². The molecule has 0 aromatic carbocycles. The van der Waals surface area contributed by atoms with E-state index in [-0.39, 0.29) is 6.10 Å². The van der Waals surface area contributed by atoms with Gasteiger partial charge in [-0.1, -0.05) is 51.7 Å². The maximum absolute atomic E-state index is 10.3. The zero-order valence-electron chi connectivity index (χ0n) is 17.1. The minimum atomic E-state index is -0.570. The molecular formula is C22H42O2. The van der Waals surface area contributed by atoms with Crippen LogP contribution in [-0.4, -0.2) is 21.9 Å². The largest absolute Gasteiger partial charge is 0.393 e. The van der Waals surface area contributed by atoms with Crippen LogP contribution in [0.2, 0.25) is 0 Å². The summed E-state index contributed by atoms with van der Waals surface area (Å²) in [6, 6.07) is 0. The Balaban J connectivity index is 0.000000648. The first-order valence-corrected chi connectivity index (χ1v) is 10.2. The molecule has 2 nitrogen and oxygen atoms in total. The van der Waals surface area contributed by atoms with Crippen LogP contribution >= 0.6 is 0 Å². The molecule has 0 amide bonds. The lowest BCUT2D eigenvalue weighted by molar-refractivity contribution is -0.0110. The quantitative estimate of drug-likeness (QED) is 0.616. The standard InChI is InChI=1S/C18H32O2.C4H10/c1-13(7-5-11-17(2,3)20)14-9-10-15-16(19)8-6-12-18(14,15)4;1-3-4-2/h7,14-16,19-20H,5-6,8-12H2,1-4H3;3-4H2,1-2H3/b13-7+;. The van der Waals surface area contributed by atoms with Crippen molar-refractivity contribution in [3.05, 3.63) is 11.6 Å². The number of hydrogen-bond acceptors (Lipinski definition) is 2. The summed E-state index contributed by atoms with van der Waals surface area (Å²) in [7, 11) is 0. The molecule has 2 fully saturated rings. The molecule has 142 valence electrons.